The zero-order valence-corrected chi connectivity index (χ0v) is 21.1. The minimum absolute atomic E-state index is 0.162. The maximum atomic E-state index is 13.6. The van der Waals surface area contributed by atoms with Gasteiger partial charge in [0.2, 0.25) is 5.91 Å². The molecule has 1 fully saturated rings. The molecule has 0 aromatic heterocycles. The Kier molecular flexibility index (Phi) is 8.01. The summed E-state index contributed by atoms with van der Waals surface area (Å²) in [5.74, 6) is -2.01. The van der Waals surface area contributed by atoms with E-state index in [0.29, 0.717) is 6.42 Å². The van der Waals surface area contributed by atoms with Crippen LogP contribution in [0.1, 0.15) is 60.5 Å². The van der Waals surface area contributed by atoms with Gasteiger partial charge in [-0.2, -0.15) is 0 Å². The number of rotatable bonds is 9. The number of carbonyl (C=O) groups excluding carboxylic acids is 3. The number of aliphatic carboxylic acids is 1. The van der Waals surface area contributed by atoms with Crippen LogP contribution in [0.2, 0.25) is 0 Å². The molecule has 9 nitrogen and oxygen atoms in total. The molecular weight excluding hydrogens is 438 g/mol. The Morgan fingerprint density at radius 2 is 1.71 bits per heavy atom. The number of carboxylic acid groups (broad SMARTS) is 1. The van der Waals surface area contributed by atoms with Gasteiger partial charge in [-0.15, -0.1) is 0 Å². The van der Waals surface area contributed by atoms with Crippen LogP contribution >= 0.6 is 0 Å². The fraction of sp³-hybridized carbons (Fsp3) is 0.600. The molecular formula is C25H37N3O6. The highest BCUT2D eigenvalue weighted by Gasteiger charge is 2.62. The second kappa shape index (κ2) is 10.0. The molecule has 0 saturated carbocycles. The van der Waals surface area contributed by atoms with Gasteiger partial charge in [-0.25, -0.2) is 9.59 Å². The Hall–Kier alpha value is -3.10. The maximum absolute atomic E-state index is 13.6. The molecule has 0 unspecified atom stereocenters. The van der Waals surface area contributed by atoms with Gasteiger partial charge < -0.3 is 25.4 Å². The number of benzene rings is 1. The van der Waals surface area contributed by atoms with Crippen molar-refractivity contribution in [3.05, 3.63) is 35.9 Å². The Labute approximate surface area is 201 Å². The van der Waals surface area contributed by atoms with Crippen LogP contribution in [0, 0.1) is 5.92 Å². The van der Waals surface area contributed by atoms with E-state index in [1.165, 1.54) is 18.7 Å². The third kappa shape index (κ3) is 6.48. The van der Waals surface area contributed by atoms with E-state index in [1.54, 1.807) is 20.8 Å². The van der Waals surface area contributed by atoms with E-state index >= 15 is 0 Å². The van der Waals surface area contributed by atoms with E-state index in [4.69, 9.17) is 4.74 Å². The first kappa shape index (κ1) is 27.1. The number of nitrogens with zero attached hydrogens (tertiary/aromatic N) is 1. The minimum Gasteiger partial charge on any atom is -0.480 e. The van der Waals surface area contributed by atoms with Crippen molar-refractivity contribution < 1.29 is 29.0 Å². The number of amides is 3. The molecule has 1 heterocycles. The molecule has 0 bridgehead atoms. The van der Waals surface area contributed by atoms with Gasteiger partial charge in [0.1, 0.15) is 23.2 Å². The van der Waals surface area contributed by atoms with Crippen LogP contribution in [0.3, 0.4) is 0 Å². The average molecular weight is 476 g/mol. The fourth-order valence-electron chi connectivity index (χ4n) is 4.07. The van der Waals surface area contributed by atoms with Crippen LogP contribution in [0.5, 0.6) is 0 Å². The largest absolute Gasteiger partial charge is 0.480 e. The second-order valence-corrected chi connectivity index (χ2v) is 10.8. The number of hydrogen-bond donors (Lipinski definition) is 3. The zero-order valence-electron chi connectivity index (χ0n) is 21.1. The van der Waals surface area contributed by atoms with Crippen LogP contribution in [0.15, 0.2) is 30.3 Å². The van der Waals surface area contributed by atoms with E-state index in [9.17, 15) is 24.3 Å². The summed E-state index contributed by atoms with van der Waals surface area (Å²) in [5.41, 5.74) is -2.65. The standard InChI is InChI=1S/C25H37N3O6/c1-16(2)13-18-25(14-17-11-9-8-10-12-17,27-22(33)34-23(3,4)5)20(30)28(18)15-19(29)26-24(6,7)21(31)32/h8-12,16,18H,13-15H2,1-7H3,(H,26,29)(H,27,33)(H,31,32)/t18-,25+/m1/s1. The van der Waals surface area contributed by atoms with Gasteiger partial charge in [-0.05, 0) is 52.5 Å². The fourth-order valence-corrected chi connectivity index (χ4v) is 4.07. The van der Waals surface area contributed by atoms with Gasteiger partial charge in [-0.3, -0.25) is 9.59 Å². The van der Waals surface area contributed by atoms with Crippen molar-refractivity contribution in [2.75, 3.05) is 6.54 Å². The lowest BCUT2D eigenvalue weighted by Gasteiger charge is -2.56. The van der Waals surface area contributed by atoms with Crippen molar-refractivity contribution in [3.8, 4) is 0 Å². The first-order valence-corrected chi connectivity index (χ1v) is 11.5. The zero-order chi connectivity index (χ0) is 25.9. The third-order valence-corrected chi connectivity index (χ3v) is 5.63. The topological polar surface area (TPSA) is 125 Å². The second-order valence-electron chi connectivity index (χ2n) is 10.8. The summed E-state index contributed by atoms with van der Waals surface area (Å²) in [6.07, 6.45) is 0.0631. The van der Waals surface area contributed by atoms with Crippen LogP contribution in [-0.2, 0) is 25.5 Å². The summed E-state index contributed by atoms with van der Waals surface area (Å²) >= 11 is 0. The summed E-state index contributed by atoms with van der Waals surface area (Å²) in [6.45, 7) is 11.7. The first-order valence-electron chi connectivity index (χ1n) is 11.5. The van der Waals surface area contributed by atoms with Gasteiger partial charge in [0.25, 0.3) is 5.91 Å². The predicted molar refractivity (Wildman–Crippen MR) is 127 cm³/mol. The molecule has 34 heavy (non-hydrogen) atoms. The summed E-state index contributed by atoms with van der Waals surface area (Å²) < 4.78 is 5.45. The number of hydrogen-bond acceptors (Lipinski definition) is 5. The number of carbonyl (C=O) groups is 4. The Bertz CT molecular complexity index is 922. The Balaban J connectivity index is 2.37. The lowest BCUT2D eigenvalue weighted by atomic mass is 9.71. The highest BCUT2D eigenvalue weighted by Crippen LogP contribution is 2.38. The van der Waals surface area contributed by atoms with Crippen molar-refractivity contribution in [3.63, 3.8) is 0 Å². The molecule has 0 aliphatic carbocycles. The van der Waals surface area contributed by atoms with Crippen molar-refractivity contribution in [1.82, 2.24) is 15.5 Å². The number of carboxylic acids is 1. The molecule has 3 N–H and O–H groups in total. The van der Waals surface area contributed by atoms with Crippen molar-refractivity contribution in [1.29, 1.82) is 0 Å². The summed E-state index contributed by atoms with van der Waals surface area (Å²) in [7, 11) is 0. The monoisotopic (exact) mass is 475 g/mol. The lowest BCUT2D eigenvalue weighted by molar-refractivity contribution is -0.167. The van der Waals surface area contributed by atoms with E-state index in [2.05, 4.69) is 10.6 Å². The Morgan fingerprint density at radius 3 is 2.21 bits per heavy atom. The molecule has 2 atom stereocenters. The van der Waals surface area contributed by atoms with E-state index in [0.717, 1.165) is 5.56 Å². The molecule has 188 valence electrons. The van der Waals surface area contributed by atoms with Crippen molar-refractivity contribution in [2.45, 2.75) is 84.0 Å². The minimum atomic E-state index is -1.48. The number of β-lactam (4-membered cyclic amide) rings is 1. The highest BCUT2D eigenvalue weighted by atomic mass is 16.6. The van der Waals surface area contributed by atoms with E-state index < -0.39 is 46.6 Å². The first-order chi connectivity index (χ1) is 15.6. The summed E-state index contributed by atoms with van der Waals surface area (Å²) in [4.78, 5) is 51.8. The van der Waals surface area contributed by atoms with Crippen LogP contribution < -0.4 is 10.6 Å². The molecule has 1 aromatic carbocycles. The van der Waals surface area contributed by atoms with Crippen LogP contribution in [0.25, 0.3) is 0 Å². The molecule has 2 rings (SSSR count). The summed E-state index contributed by atoms with van der Waals surface area (Å²) in [5, 5.41) is 14.6. The molecule has 0 radical (unpaired) electrons. The third-order valence-electron chi connectivity index (χ3n) is 5.63. The number of alkyl carbamates (subject to hydrolysis) is 1. The highest BCUT2D eigenvalue weighted by molar-refractivity contribution is 6.00. The molecule has 1 aromatic rings. The van der Waals surface area contributed by atoms with E-state index in [1.807, 2.05) is 44.2 Å². The van der Waals surface area contributed by atoms with Gasteiger partial charge in [0.15, 0.2) is 0 Å². The van der Waals surface area contributed by atoms with E-state index in [-0.39, 0.29) is 18.9 Å². The average Bonchev–Trinajstić information content (AvgIpc) is 2.68. The van der Waals surface area contributed by atoms with Crippen molar-refractivity contribution in [2.24, 2.45) is 5.92 Å². The number of likely N-dealkylation sites (tertiary alicyclic amines) is 1. The molecule has 1 aliphatic heterocycles. The van der Waals surface area contributed by atoms with Gasteiger partial charge in [0.05, 0.1) is 6.04 Å². The predicted octanol–water partition coefficient (Wildman–Crippen LogP) is 2.73. The molecule has 0 spiro atoms. The SMILES string of the molecule is CC(C)C[C@H]1N(CC(=O)NC(C)(C)C(=O)O)C(=O)[C@@]1(Cc1ccccc1)NC(=O)OC(C)(C)C. The maximum Gasteiger partial charge on any atom is 0.408 e. The molecule has 3 amide bonds. The number of ether oxygens (including phenoxy) is 1. The number of nitrogens with one attached hydrogen (secondary N) is 2. The lowest BCUT2D eigenvalue weighted by Crippen LogP contribution is -2.82. The normalized spacial score (nSPS) is 20.5. The van der Waals surface area contributed by atoms with Crippen LogP contribution in [-0.4, -0.2) is 63.1 Å². The van der Waals surface area contributed by atoms with Gasteiger partial charge in [-0.1, -0.05) is 44.2 Å². The smallest absolute Gasteiger partial charge is 0.408 e. The Morgan fingerprint density at radius 1 is 1.12 bits per heavy atom. The molecule has 1 saturated heterocycles. The molecule has 9 heteroatoms. The van der Waals surface area contributed by atoms with Gasteiger partial charge in [0, 0.05) is 6.42 Å². The quantitative estimate of drug-likeness (QED) is 0.472. The summed E-state index contributed by atoms with van der Waals surface area (Å²) in [6, 6.07) is 8.86. The molecule has 1 aliphatic rings. The van der Waals surface area contributed by atoms with Gasteiger partial charge >= 0.3 is 12.1 Å². The van der Waals surface area contributed by atoms with Crippen molar-refractivity contribution >= 4 is 23.9 Å². The van der Waals surface area contributed by atoms with Crippen LogP contribution in [0.4, 0.5) is 4.79 Å².